The van der Waals surface area contributed by atoms with Crippen LogP contribution in [0.2, 0.25) is 0 Å². The third kappa shape index (κ3) is 2.51. The number of likely N-dealkylation sites (tertiary alicyclic amines) is 1. The maximum Gasteiger partial charge on any atom is 0.274 e. The van der Waals surface area contributed by atoms with Gasteiger partial charge in [-0.15, -0.1) is 0 Å². The number of nitrogens with zero attached hydrogens (tertiary/aromatic N) is 3. The summed E-state index contributed by atoms with van der Waals surface area (Å²) >= 11 is 0. The van der Waals surface area contributed by atoms with Gasteiger partial charge in [0.15, 0.2) is 5.69 Å². The number of hydrogen-bond donors (Lipinski definition) is 1. The first-order valence-electron chi connectivity index (χ1n) is 7.29. The molecule has 0 spiro atoms. The van der Waals surface area contributed by atoms with Gasteiger partial charge in [-0.3, -0.25) is 4.79 Å². The van der Waals surface area contributed by atoms with Crippen LogP contribution < -0.4 is 5.73 Å². The van der Waals surface area contributed by atoms with Gasteiger partial charge in [-0.2, -0.15) is 5.10 Å². The first kappa shape index (κ1) is 13.7. The molecular weight excluding hydrogens is 264 g/mol. The minimum absolute atomic E-state index is 0.0253. The molecule has 0 bridgehead atoms. The molecule has 0 atom stereocenters. The first-order valence-corrected chi connectivity index (χ1v) is 7.29. The van der Waals surface area contributed by atoms with Gasteiger partial charge in [0.25, 0.3) is 5.91 Å². The Morgan fingerprint density at radius 1 is 1.19 bits per heavy atom. The summed E-state index contributed by atoms with van der Waals surface area (Å²) in [5.41, 5.74) is 9.67. The predicted molar refractivity (Wildman–Crippen MR) is 82.6 cm³/mol. The van der Waals surface area contributed by atoms with Gasteiger partial charge >= 0.3 is 0 Å². The quantitative estimate of drug-likeness (QED) is 0.920. The molecule has 1 fully saturated rings. The lowest BCUT2D eigenvalue weighted by atomic mass is 10.1. The number of aryl methyl sites for hydroxylation is 2. The van der Waals surface area contributed by atoms with Crippen molar-refractivity contribution in [2.45, 2.75) is 26.7 Å². The summed E-state index contributed by atoms with van der Waals surface area (Å²) in [5, 5.41) is 4.42. The van der Waals surface area contributed by atoms with E-state index in [0.717, 1.165) is 37.2 Å². The highest BCUT2D eigenvalue weighted by Gasteiger charge is 2.23. The molecule has 3 rings (SSSR count). The number of carbonyl (C=O) groups is 1. The fourth-order valence-corrected chi connectivity index (χ4v) is 2.82. The van der Waals surface area contributed by atoms with Crippen molar-refractivity contribution in [1.82, 2.24) is 14.7 Å². The number of benzene rings is 1. The number of rotatable bonds is 2. The summed E-state index contributed by atoms with van der Waals surface area (Å²) in [7, 11) is 0. The molecule has 110 valence electrons. The third-order valence-corrected chi connectivity index (χ3v) is 3.93. The molecule has 1 aromatic heterocycles. The summed E-state index contributed by atoms with van der Waals surface area (Å²) in [6, 6.07) is 7.75. The van der Waals surface area contributed by atoms with Gasteiger partial charge in [-0.05, 0) is 38.3 Å². The Labute approximate surface area is 124 Å². The van der Waals surface area contributed by atoms with Crippen LogP contribution in [0.4, 0.5) is 5.82 Å². The Bertz CT molecular complexity index is 684. The molecule has 5 heteroatoms. The topological polar surface area (TPSA) is 64.2 Å². The van der Waals surface area contributed by atoms with Gasteiger partial charge in [0.1, 0.15) is 5.82 Å². The second-order valence-electron chi connectivity index (χ2n) is 5.66. The lowest BCUT2D eigenvalue weighted by Gasteiger charge is -2.13. The maximum absolute atomic E-state index is 12.4. The van der Waals surface area contributed by atoms with Gasteiger partial charge in [-0.1, -0.05) is 17.7 Å². The van der Waals surface area contributed by atoms with Gasteiger partial charge in [0.2, 0.25) is 0 Å². The number of nitrogens with two attached hydrogens (primary N) is 1. The van der Waals surface area contributed by atoms with E-state index in [2.05, 4.69) is 11.2 Å². The molecule has 2 N–H and O–H groups in total. The monoisotopic (exact) mass is 284 g/mol. The second kappa shape index (κ2) is 5.24. The van der Waals surface area contributed by atoms with Gasteiger partial charge in [-0.25, -0.2) is 4.68 Å². The van der Waals surface area contributed by atoms with E-state index in [-0.39, 0.29) is 5.91 Å². The van der Waals surface area contributed by atoms with Crippen LogP contribution in [0.3, 0.4) is 0 Å². The van der Waals surface area contributed by atoms with Crippen LogP contribution in [0.5, 0.6) is 0 Å². The second-order valence-corrected chi connectivity index (χ2v) is 5.66. The van der Waals surface area contributed by atoms with Crippen LogP contribution in [0.15, 0.2) is 24.3 Å². The van der Waals surface area contributed by atoms with Gasteiger partial charge in [0.05, 0.1) is 5.69 Å². The van der Waals surface area contributed by atoms with Crippen molar-refractivity contribution in [1.29, 1.82) is 0 Å². The molecule has 0 saturated carbocycles. The number of hydrogen-bond acceptors (Lipinski definition) is 3. The van der Waals surface area contributed by atoms with Crippen LogP contribution >= 0.6 is 0 Å². The SMILES string of the molecule is Cc1ccc(-n2nc(C(=O)N3CCCC3)cc2N)c(C)c1. The number of carbonyl (C=O) groups excluding carboxylic acids is 1. The molecule has 0 radical (unpaired) electrons. The highest BCUT2D eigenvalue weighted by atomic mass is 16.2. The highest BCUT2D eigenvalue weighted by Crippen LogP contribution is 2.21. The molecule has 2 aromatic rings. The average Bonchev–Trinajstić information content (AvgIpc) is 3.08. The van der Waals surface area contributed by atoms with E-state index in [9.17, 15) is 4.79 Å². The molecule has 2 heterocycles. The summed E-state index contributed by atoms with van der Waals surface area (Å²) < 4.78 is 1.65. The molecule has 1 amide bonds. The summed E-state index contributed by atoms with van der Waals surface area (Å²) in [6.07, 6.45) is 2.14. The van der Waals surface area contributed by atoms with Crippen molar-refractivity contribution in [3.8, 4) is 5.69 Å². The summed E-state index contributed by atoms with van der Waals surface area (Å²) in [4.78, 5) is 14.2. The lowest BCUT2D eigenvalue weighted by molar-refractivity contribution is 0.0786. The van der Waals surface area contributed by atoms with Gasteiger partial charge < -0.3 is 10.6 Å². The van der Waals surface area contributed by atoms with E-state index in [0.29, 0.717) is 11.5 Å². The minimum atomic E-state index is -0.0253. The van der Waals surface area contributed by atoms with E-state index in [1.165, 1.54) is 5.56 Å². The number of nitrogen functional groups attached to an aromatic ring is 1. The van der Waals surface area contributed by atoms with E-state index >= 15 is 0 Å². The minimum Gasteiger partial charge on any atom is -0.384 e. The predicted octanol–water partition coefficient (Wildman–Crippen LogP) is 2.31. The van der Waals surface area contributed by atoms with E-state index < -0.39 is 0 Å². The van der Waals surface area contributed by atoms with E-state index in [4.69, 9.17) is 5.73 Å². The zero-order valence-electron chi connectivity index (χ0n) is 12.5. The van der Waals surface area contributed by atoms with Crippen LogP contribution in [0.25, 0.3) is 5.69 Å². The number of anilines is 1. The zero-order valence-corrected chi connectivity index (χ0v) is 12.5. The van der Waals surface area contributed by atoms with E-state index in [1.807, 2.05) is 30.9 Å². The zero-order chi connectivity index (χ0) is 15.0. The van der Waals surface area contributed by atoms with Crippen molar-refractivity contribution in [2.75, 3.05) is 18.8 Å². The molecule has 21 heavy (non-hydrogen) atoms. The summed E-state index contributed by atoms with van der Waals surface area (Å²) in [5.74, 6) is 0.465. The van der Waals surface area contributed by atoms with Crippen molar-refractivity contribution >= 4 is 11.7 Å². The Balaban J connectivity index is 1.95. The molecule has 5 nitrogen and oxygen atoms in total. The maximum atomic E-state index is 12.4. The standard InChI is InChI=1S/C16H20N4O/c1-11-5-6-14(12(2)9-11)20-15(17)10-13(18-20)16(21)19-7-3-4-8-19/h5-6,9-10H,3-4,7-8,17H2,1-2H3. The van der Waals surface area contributed by atoms with Crippen LogP contribution in [-0.2, 0) is 0 Å². The number of aromatic nitrogens is 2. The molecule has 1 saturated heterocycles. The molecule has 1 aromatic carbocycles. The largest absolute Gasteiger partial charge is 0.384 e. The summed E-state index contributed by atoms with van der Waals surface area (Å²) in [6.45, 7) is 5.70. The lowest BCUT2D eigenvalue weighted by Crippen LogP contribution is -2.28. The first-order chi connectivity index (χ1) is 10.1. The van der Waals surface area contributed by atoms with Crippen molar-refractivity contribution in [3.63, 3.8) is 0 Å². The fraction of sp³-hybridized carbons (Fsp3) is 0.375. The Morgan fingerprint density at radius 3 is 2.57 bits per heavy atom. The number of amides is 1. The fourth-order valence-electron chi connectivity index (χ4n) is 2.82. The molecule has 0 unspecified atom stereocenters. The Morgan fingerprint density at radius 2 is 1.90 bits per heavy atom. The Hall–Kier alpha value is -2.30. The third-order valence-electron chi connectivity index (χ3n) is 3.93. The highest BCUT2D eigenvalue weighted by molar-refractivity contribution is 5.93. The average molecular weight is 284 g/mol. The smallest absolute Gasteiger partial charge is 0.274 e. The molecule has 1 aliphatic heterocycles. The van der Waals surface area contributed by atoms with Crippen molar-refractivity contribution < 1.29 is 4.79 Å². The Kier molecular flexibility index (Phi) is 3.41. The van der Waals surface area contributed by atoms with Crippen LogP contribution in [0.1, 0.15) is 34.5 Å². The van der Waals surface area contributed by atoms with Crippen LogP contribution in [0, 0.1) is 13.8 Å². The van der Waals surface area contributed by atoms with Crippen LogP contribution in [-0.4, -0.2) is 33.7 Å². The van der Waals surface area contributed by atoms with Crippen molar-refractivity contribution in [3.05, 3.63) is 41.1 Å². The van der Waals surface area contributed by atoms with Crippen molar-refractivity contribution in [2.24, 2.45) is 0 Å². The molecular formula is C16H20N4O. The van der Waals surface area contributed by atoms with Gasteiger partial charge in [0, 0.05) is 19.2 Å². The van der Waals surface area contributed by atoms with E-state index in [1.54, 1.807) is 10.7 Å². The normalized spacial score (nSPS) is 14.7. The molecule has 0 aliphatic carbocycles. The molecule has 1 aliphatic rings.